The normalized spacial score (nSPS) is 17.4. The van der Waals surface area contributed by atoms with Crippen LogP contribution in [-0.2, 0) is 11.2 Å². The fourth-order valence-electron chi connectivity index (χ4n) is 1.91. The molecule has 2 rings (SSSR count). The predicted molar refractivity (Wildman–Crippen MR) is 62.0 cm³/mol. The van der Waals surface area contributed by atoms with Gasteiger partial charge in [-0.2, -0.15) is 0 Å². The molecular formula is C11H18N4O. The van der Waals surface area contributed by atoms with Crippen molar-refractivity contribution in [1.82, 2.24) is 9.97 Å². The number of anilines is 1. The highest BCUT2D eigenvalue weighted by Crippen LogP contribution is 2.25. The van der Waals surface area contributed by atoms with Crippen molar-refractivity contribution in [2.75, 3.05) is 18.6 Å². The molecule has 1 aromatic rings. The summed E-state index contributed by atoms with van der Waals surface area (Å²) in [6, 6.07) is 1.89. The first-order valence-corrected chi connectivity index (χ1v) is 5.75. The first-order valence-electron chi connectivity index (χ1n) is 5.75. The van der Waals surface area contributed by atoms with E-state index >= 15 is 0 Å². The average Bonchev–Trinajstić information content (AvgIpc) is 2.39. The van der Waals surface area contributed by atoms with Crippen LogP contribution in [0.3, 0.4) is 0 Å². The summed E-state index contributed by atoms with van der Waals surface area (Å²) in [6.45, 7) is 3.68. The lowest BCUT2D eigenvalue weighted by Crippen LogP contribution is -2.18. The zero-order valence-corrected chi connectivity index (χ0v) is 9.57. The number of aromatic nitrogens is 2. The van der Waals surface area contributed by atoms with Crippen LogP contribution in [0.15, 0.2) is 6.07 Å². The highest BCUT2D eigenvalue weighted by molar-refractivity contribution is 5.35. The molecule has 1 aliphatic heterocycles. The number of hydrogen-bond donors (Lipinski definition) is 2. The Morgan fingerprint density at radius 3 is 2.81 bits per heavy atom. The van der Waals surface area contributed by atoms with Crippen LogP contribution in [-0.4, -0.2) is 23.2 Å². The Kier molecular flexibility index (Phi) is 3.69. The van der Waals surface area contributed by atoms with Crippen molar-refractivity contribution >= 4 is 5.82 Å². The Morgan fingerprint density at radius 1 is 1.44 bits per heavy atom. The lowest BCUT2D eigenvalue weighted by atomic mass is 9.99. The van der Waals surface area contributed by atoms with Crippen molar-refractivity contribution < 1.29 is 4.74 Å². The lowest BCUT2D eigenvalue weighted by molar-refractivity contribution is 0.0835. The number of hydrazine groups is 1. The summed E-state index contributed by atoms with van der Waals surface area (Å²) in [5.74, 6) is 7.42. The number of aryl methyl sites for hydroxylation is 1. The largest absolute Gasteiger partial charge is 0.381 e. The van der Waals surface area contributed by atoms with E-state index in [9.17, 15) is 0 Å². The molecule has 0 aliphatic carbocycles. The van der Waals surface area contributed by atoms with Crippen LogP contribution in [0, 0.1) is 0 Å². The standard InChI is InChI=1S/C11H18N4O/c1-2-9-7-10(15-12)14-11(13-9)8-3-5-16-6-4-8/h7-8H,2-6,12H2,1H3,(H,13,14,15). The number of nitrogens with zero attached hydrogens (tertiary/aromatic N) is 2. The van der Waals surface area contributed by atoms with Crippen LogP contribution in [0.4, 0.5) is 5.82 Å². The second-order valence-electron chi connectivity index (χ2n) is 3.99. The molecule has 0 atom stereocenters. The van der Waals surface area contributed by atoms with Gasteiger partial charge < -0.3 is 10.2 Å². The Labute approximate surface area is 95.4 Å². The highest BCUT2D eigenvalue weighted by atomic mass is 16.5. The fraction of sp³-hybridized carbons (Fsp3) is 0.636. The van der Waals surface area contributed by atoms with Crippen LogP contribution >= 0.6 is 0 Å². The second kappa shape index (κ2) is 5.23. The van der Waals surface area contributed by atoms with Gasteiger partial charge in [-0.1, -0.05) is 6.92 Å². The number of nitrogen functional groups attached to an aromatic ring is 1. The Morgan fingerprint density at radius 2 is 2.19 bits per heavy atom. The van der Waals surface area contributed by atoms with Gasteiger partial charge in [-0.3, -0.25) is 0 Å². The third kappa shape index (κ3) is 2.48. The van der Waals surface area contributed by atoms with E-state index in [1.54, 1.807) is 0 Å². The maximum atomic E-state index is 5.41. The molecule has 0 amide bonds. The van der Waals surface area contributed by atoms with E-state index in [1.807, 2.05) is 6.07 Å². The van der Waals surface area contributed by atoms with Gasteiger partial charge in [-0.15, -0.1) is 0 Å². The molecule has 5 nitrogen and oxygen atoms in total. The molecule has 1 saturated heterocycles. The third-order valence-electron chi connectivity index (χ3n) is 2.89. The first kappa shape index (κ1) is 11.3. The van der Waals surface area contributed by atoms with E-state index in [4.69, 9.17) is 10.6 Å². The second-order valence-corrected chi connectivity index (χ2v) is 3.99. The van der Waals surface area contributed by atoms with Gasteiger partial charge in [0.05, 0.1) is 0 Å². The summed E-state index contributed by atoms with van der Waals surface area (Å²) in [5, 5.41) is 0. The van der Waals surface area contributed by atoms with Crippen molar-refractivity contribution in [3.05, 3.63) is 17.6 Å². The van der Waals surface area contributed by atoms with E-state index in [-0.39, 0.29) is 0 Å². The topological polar surface area (TPSA) is 73.1 Å². The van der Waals surface area contributed by atoms with Crippen molar-refractivity contribution in [3.8, 4) is 0 Å². The molecule has 0 spiro atoms. The summed E-state index contributed by atoms with van der Waals surface area (Å²) >= 11 is 0. The van der Waals surface area contributed by atoms with Gasteiger partial charge in [-0.25, -0.2) is 15.8 Å². The molecule has 0 radical (unpaired) electrons. The molecule has 16 heavy (non-hydrogen) atoms. The summed E-state index contributed by atoms with van der Waals surface area (Å²) in [6.07, 6.45) is 2.89. The fourth-order valence-corrected chi connectivity index (χ4v) is 1.91. The van der Waals surface area contributed by atoms with Crippen LogP contribution in [0.2, 0.25) is 0 Å². The van der Waals surface area contributed by atoms with Gasteiger partial charge in [0.2, 0.25) is 0 Å². The Balaban J connectivity index is 2.24. The number of hydrogen-bond acceptors (Lipinski definition) is 5. The molecule has 2 heterocycles. The van der Waals surface area contributed by atoms with Gasteiger partial charge in [0.25, 0.3) is 0 Å². The van der Waals surface area contributed by atoms with Crippen molar-refractivity contribution in [3.63, 3.8) is 0 Å². The zero-order chi connectivity index (χ0) is 11.4. The van der Waals surface area contributed by atoms with Gasteiger partial charge >= 0.3 is 0 Å². The summed E-state index contributed by atoms with van der Waals surface area (Å²) in [4.78, 5) is 8.98. The van der Waals surface area contributed by atoms with Crippen molar-refractivity contribution in [1.29, 1.82) is 0 Å². The number of rotatable bonds is 3. The molecule has 5 heteroatoms. The smallest absolute Gasteiger partial charge is 0.143 e. The van der Waals surface area contributed by atoms with Crippen LogP contribution in [0.25, 0.3) is 0 Å². The van der Waals surface area contributed by atoms with Crippen LogP contribution in [0.5, 0.6) is 0 Å². The summed E-state index contributed by atoms with van der Waals surface area (Å²) in [7, 11) is 0. The first-order chi connectivity index (χ1) is 7.83. The van der Waals surface area contributed by atoms with E-state index in [0.29, 0.717) is 11.7 Å². The minimum atomic E-state index is 0.410. The molecule has 1 aromatic heterocycles. The van der Waals surface area contributed by atoms with Gasteiger partial charge in [0, 0.05) is 30.9 Å². The minimum absolute atomic E-state index is 0.410. The van der Waals surface area contributed by atoms with E-state index < -0.39 is 0 Å². The third-order valence-corrected chi connectivity index (χ3v) is 2.89. The van der Waals surface area contributed by atoms with Crippen molar-refractivity contribution in [2.45, 2.75) is 32.1 Å². The van der Waals surface area contributed by atoms with E-state index in [0.717, 1.165) is 44.0 Å². The number of nitrogens with one attached hydrogen (secondary N) is 1. The minimum Gasteiger partial charge on any atom is -0.381 e. The summed E-state index contributed by atoms with van der Waals surface area (Å²) in [5.41, 5.74) is 3.63. The maximum Gasteiger partial charge on any atom is 0.143 e. The number of nitrogens with two attached hydrogens (primary N) is 1. The van der Waals surface area contributed by atoms with E-state index in [1.165, 1.54) is 0 Å². The molecule has 1 aliphatic rings. The summed E-state index contributed by atoms with van der Waals surface area (Å²) < 4.78 is 5.34. The van der Waals surface area contributed by atoms with Crippen molar-refractivity contribution in [2.24, 2.45) is 5.84 Å². The maximum absolute atomic E-state index is 5.41. The highest BCUT2D eigenvalue weighted by Gasteiger charge is 2.19. The molecular weight excluding hydrogens is 204 g/mol. The molecule has 0 saturated carbocycles. The van der Waals surface area contributed by atoms with Crippen LogP contribution < -0.4 is 11.3 Å². The quantitative estimate of drug-likeness (QED) is 0.594. The van der Waals surface area contributed by atoms with Gasteiger partial charge in [0.15, 0.2) is 0 Å². The van der Waals surface area contributed by atoms with E-state index in [2.05, 4.69) is 22.3 Å². The molecule has 88 valence electrons. The molecule has 0 bridgehead atoms. The van der Waals surface area contributed by atoms with Gasteiger partial charge in [-0.05, 0) is 19.3 Å². The van der Waals surface area contributed by atoms with Crippen LogP contribution in [0.1, 0.15) is 37.2 Å². The monoisotopic (exact) mass is 222 g/mol. The molecule has 1 fully saturated rings. The number of ether oxygens (including phenoxy) is 1. The average molecular weight is 222 g/mol. The molecule has 0 aromatic carbocycles. The molecule has 0 unspecified atom stereocenters. The SMILES string of the molecule is CCc1cc(NN)nc(C2CCOCC2)n1. The van der Waals surface area contributed by atoms with Gasteiger partial charge in [0.1, 0.15) is 11.6 Å². The zero-order valence-electron chi connectivity index (χ0n) is 9.57. The lowest BCUT2D eigenvalue weighted by Gasteiger charge is -2.21. The molecule has 3 N–H and O–H groups in total. The Bertz CT molecular complexity index is 328. The Hall–Kier alpha value is -1.20. The predicted octanol–water partition coefficient (Wildman–Crippen LogP) is 1.22.